The van der Waals surface area contributed by atoms with Crippen molar-refractivity contribution in [1.82, 2.24) is 14.7 Å². The maximum atomic E-state index is 12.5. The summed E-state index contributed by atoms with van der Waals surface area (Å²) in [5.41, 5.74) is 0.229. The quantitative estimate of drug-likeness (QED) is 0.699. The number of rotatable bonds is 5. The first-order valence-corrected chi connectivity index (χ1v) is 9.31. The first-order valence-electron chi connectivity index (χ1n) is 8.08. The van der Waals surface area contributed by atoms with Gasteiger partial charge in [0.25, 0.3) is 11.1 Å². The third kappa shape index (κ3) is 3.72. The van der Waals surface area contributed by atoms with Gasteiger partial charge in [-0.05, 0) is 36.1 Å². The minimum absolute atomic E-state index is 0.210. The summed E-state index contributed by atoms with van der Waals surface area (Å²) in [5, 5.41) is 3.11. The van der Waals surface area contributed by atoms with E-state index in [1.54, 1.807) is 43.1 Å². The summed E-state index contributed by atoms with van der Waals surface area (Å²) in [4.78, 5) is 39.8. The Bertz CT molecular complexity index is 1050. The van der Waals surface area contributed by atoms with Gasteiger partial charge >= 0.3 is 0 Å². The third-order valence-electron chi connectivity index (χ3n) is 4.18. The first-order chi connectivity index (χ1) is 12.5. The Morgan fingerprint density at radius 2 is 1.73 bits per heavy atom. The summed E-state index contributed by atoms with van der Waals surface area (Å²) >= 11 is 1.66. The molecule has 1 N–H and O–H groups in total. The molecule has 3 rings (SSSR count). The van der Waals surface area contributed by atoms with Crippen LogP contribution in [0, 0.1) is 0 Å². The van der Waals surface area contributed by atoms with Gasteiger partial charge in [-0.1, -0.05) is 24.3 Å². The van der Waals surface area contributed by atoms with Crippen molar-refractivity contribution in [2.75, 3.05) is 13.3 Å². The summed E-state index contributed by atoms with van der Waals surface area (Å²) in [7, 11) is 1.68. The van der Waals surface area contributed by atoms with Crippen LogP contribution in [0.25, 0.3) is 10.8 Å². The molecule has 0 aliphatic carbocycles. The Labute approximate surface area is 154 Å². The normalized spacial score (nSPS) is 10.8. The number of nitrogens with one attached hydrogen (secondary N) is 1. The van der Waals surface area contributed by atoms with Gasteiger partial charge in [0.15, 0.2) is 0 Å². The summed E-state index contributed by atoms with van der Waals surface area (Å²) < 4.78 is 1.07. The molecule has 0 aliphatic heterocycles. The van der Waals surface area contributed by atoms with Gasteiger partial charge in [-0.3, -0.25) is 19.5 Å². The van der Waals surface area contributed by atoms with E-state index in [0.717, 1.165) is 15.1 Å². The fourth-order valence-corrected chi connectivity index (χ4v) is 3.12. The molecule has 1 amide bonds. The molecular weight excluding hydrogens is 350 g/mol. The van der Waals surface area contributed by atoms with Crippen LogP contribution in [0.15, 0.2) is 63.0 Å². The van der Waals surface area contributed by atoms with Gasteiger partial charge in [0.2, 0.25) is 5.91 Å². The highest BCUT2D eigenvalue weighted by atomic mass is 32.2. The molecule has 0 unspecified atom stereocenters. The van der Waals surface area contributed by atoms with Gasteiger partial charge in [0.1, 0.15) is 6.54 Å². The maximum Gasteiger partial charge on any atom is 0.273 e. The van der Waals surface area contributed by atoms with Crippen LogP contribution in [-0.2, 0) is 17.9 Å². The lowest BCUT2D eigenvalue weighted by molar-refractivity contribution is -0.131. The zero-order chi connectivity index (χ0) is 18.7. The van der Waals surface area contributed by atoms with E-state index in [4.69, 9.17) is 0 Å². The number of carbonyl (C=O) groups excluding carboxylic acids is 1. The van der Waals surface area contributed by atoms with Crippen LogP contribution in [0.1, 0.15) is 5.56 Å². The SMILES string of the molecule is CSc1ccc(CN(C)C(=O)Cn2[nH]c(=O)c3ccccc3c2=O)cc1. The van der Waals surface area contributed by atoms with Gasteiger partial charge in [-0.15, -0.1) is 11.8 Å². The molecule has 6 nitrogen and oxygen atoms in total. The number of carbonyl (C=O) groups is 1. The Kier molecular flexibility index (Phi) is 5.27. The van der Waals surface area contributed by atoms with E-state index >= 15 is 0 Å². The van der Waals surface area contributed by atoms with Crippen LogP contribution < -0.4 is 11.1 Å². The predicted octanol–water partition coefficient (Wildman–Crippen LogP) is 2.07. The number of H-pyrrole nitrogens is 1. The Balaban J connectivity index is 1.78. The van der Waals surface area contributed by atoms with E-state index in [1.165, 1.54) is 4.90 Å². The monoisotopic (exact) mass is 369 g/mol. The number of likely N-dealkylation sites (N-methyl/N-ethyl adjacent to an activating group) is 1. The highest BCUT2D eigenvalue weighted by Gasteiger charge is 2.13. The average Bonchev–Trinajstić information content (AvgIpc) is 2.66. The molecule has 0 spiro atoms. The smallest absolute Gasteiger partial charge is 0.273 e. The largest absolute Gasteiger partial charge is 0.340 e. The first kappa shape index (κ1) is 18.0. The van der Waals surface area contributed by atoms with Crippen LogP contribution in [0.5, 0.6) is 0 Å². The summed E-state index contributed by atoms with van der Waals surface area (Å²) in [6.45, 7) is 0.221. The lowest BCUT2D eigenvalue weighted by atomic mass is 10.2. The molecule has 0 bridgehead atoms. The summed E-state index contributed by atoms with van der Waals surface area (Å²) in [5.74, 6) is -0.257. The van der Waals surface area contributed by atoms with E-state index in [9.17, 15) is 14.4 Å². The van der Waals surface area contributed by atoms with E-state index in [2.05, 4.69) is 5.10 Å². The molecule has 2 aromatic carbocycles. The van der Waals surface area contributed by atoms with E-state index in [0.29, 0.717) is 17.3 Å². The number of thioether (sulfide) groups is 1. The summed E-state index contributed by atoms with van der Waals surface area (Å²) in [6.07, 6.45) is 2.01. The molecule has 1 aromatic heterocycles. The number of nitrogens with zero attached hydrogens (tertiary/aromatic N) is 2. The predicted molar refractivity (Wildman–Crippen MR) is 104 cm³/mol. The molecule has 0 fully saturated rings. The number of aromatic amines is 1. The molecule has 3 aromatic rings. The number of aromatic nitrogens is 2. The zero-order valence-electron chi connectivity index (χ0n) is 14.6. The fraction of sp³-hybridized carbons (Fsp3) is 0.211. The molecule has 0 saturated heterocycles. The van der Waals surface area contributed by atoms with Crippen molar-refractivity contribution in [3.05, 3.63) is 74.8 Å². The van der Waals surface area contributed by atoms with Gasteiger partial charge < -0.3 is 4.90 Å². The molecular formula is C19H19N3O3S. The van der Waals surface area contributed by atoms with Crippen molar-refractivity contribution >= 4 is 28.4 Å². The minimum atomic E-state index is -0.386. The van der Waals surface area contributed by atoms with Crippen molar-refractivity contribution in [3.63, 3.8) is 0 Å². The number of benzene rings is 2. The lowest BCUT2D eigenvalue weighted by Crippen LogP contribution is -2.37. The van der Waals surface area contributed by atoms with Crippen LogP contribution in [-0.4, -0.2) is 33.9 Å². The fourth-order valence-electron chi connectivity index (χ4n) is 2.71. The number of amides is 1. The van der Waals surface area contributed by atoms with Crippen molar-refractivity contribution in [3.8, 4) is 0 Å². The standard InChI is InChI=1S/C19H19N3O3S/c1-21(11-13-7-9-14(26-2)10-8-13)17(23)12-22-19(25)16-6-4-3-5-15(16)18(24)20-22/h3-10H,11-12H2,1-2H3,(H,20,24). The van der Waals surface area contributed by atoms with E-state index in [-0.39, 0.29) is 23.6 Å². The van der Waals surface area contributed by atoms with Crippen molar-refractivity contribution < 1.29 is 4.79 Å². The minimum Gasteiger partial charge on any atom is -0.340 e. The van der Waals surface area contributed by atoms with Crippen LogP contribution in [0.4, 0.5) is 0 Å². The van der Waals surface area contributed by atoms with Gasteiger partial charge in [0, 0.05) is 18.5 Å². The number of hydrogen-bond donors (Lipinski definition) is 1. The van der Waals surface area contributed by atoms with Crippen molar-refractivity contribution in [1.29, 1.82) is 0 Å². The second-order valence-corrected chi connectivity index (χ2v) is 6.86. The molecule has 7 heteroatoms. The average molecular weight is 369 g/mol. The van der Waals surface area contributed by atoms with Crippen LogP contribution in [0.2, 0.25) is 0 Å². The Morgan fingerprint density at radius 1 is 1.08 bits per heavy atom. The van der Waals surface area contributed by atoms with Crippen LogP contribution >= 0.6 is 11.8 Å². The topological polar surface area (TPSA) is 75.2 Å². The second-order valence-electron chi connectivity index (χ2n) is 5.98. The lowest BCUT2D eigenvalue weighted by Gasteiger charge is -2.18. The zero-order valence-corrected chi connectivity index (χ0v) is 15.4. The highest BCUT2D eigenvalue weighted by Crippen LogP contribution is 2.15. The van der Waals surface area contributed by atoms with Gasteiger partial charge in [0.05, 0.1) is 10.8 Å². The van der Waals surface area contributed by atoms with E-state index in [1.807, 2.05) is 30.5 Å². The van der Waals surface area contributed by atoms with Crippen molar-refractivity contribution in [2.45, 2.75) is 18.0 Å². The molecule has 1 heterocycles. The third-order valence-corrected chi connectivity index (χ3v) is 4.93. The molecule has 0 aliphatic rings. The maximum absolute atomic E-state index is 12.5. The van der Waals surface area contributed by atoms with E-state index < -0.39 is 0 Å². The van der Waals surface area contributed by atoms with Crippen LogP contribution in [0.3, 0.4) is 0 Å². The number of hydrogen-bond acceptors (Lipinski definition) is 4. The second kappa shape index (κ2) is 7.61. The molecule has 0 radical (unpaired) electrons. The molecule has 0 atom stereocenters. The molecule has 134 valence electrons. The molecule has 0 saturated carbocycles. The number of fused-ring (bicyclic) bond motifs is 1. The summed E-state index contributed by atoms with van der Waals surface area (Å²) in [6, 6.07) is 14.5. The van der Waals surface area contributed by atoms with Gasteiger partial charge in [-0.25, -0.2) is 4.68 Å². The molecule has 26 heavy (non-hydrogen) atoms. The Morgan fingerprint density at radius 3 is 2.38 bits per heavy atom. The van der Waals surface area contributed by atoms with Crippen molar-refractivity contribution in [2.24, 2.45) is 0 Å². The highest BCUT2D eigenvalue weighted by molar-refractivity contribution is 7.98. The van der Waals surface area contributed by atoms with Gasteiger partial charge in [-0.2, -0.15) is 0 Å². The Hall–Kier alpha value is -2.80.